The van der Waals surface area contributed by atoms with Gasteiger partial charge in [0, 0.05) is 38.1 Å². The van der Waals surface area contributed by atoms with Crippen molar-refractivity contribution in [3.8, 4) is 0 Å². The second kappa shape index (κ2) is 8.84. The average molecular weight is 369 g/mol. The number of nitrogens with zero attached hydrogens (tertiary/aromatic N) is 1. The van der Waals surface area contributed by atoms with Crippen LogP contribution >= 0.6 is 0 Å². The SMILES string of the molecule is CC(=O)Nc1ccc(NC(=O)[C@@H](C)OC(=O)c2ccc(N(C)C)cc2)cc1. The van der Waals surface area contributed by atoms with Gasteiger partial charge in [-0.15, -0.1) is 0 Å². The molecule has 0 fully saturated rings. The summed E-state index contributed by atoms with van der Waals surface area (Å²) in [7, 11) is 3.81. The summed E-state index contributed by atoms with van der Waals surface area (Å²) >= 11 is 0. The van der Waals surface area contributed by atoms with Gasteiger partial charge in [-0.25, -0.2) is 4.79 Å². The van der Waals surface area contributed by atoms with E-state index in [1.54, 1.807) is 48.5 Å². The van der Waals surface area contributed by atoms with Crippen molar-refractivity contribution in [3.63, 3.8) is 0 Å². The van der Waals surface area contributed by atoms with Gasteiger partial charge in [-0.05, 0) is 55.5 Å². The first-order valence-corrected chi connectivity index (χ1v) is 8.43. The predicted octanol–water partition coefficient (Wildman–Crippen LogP) is 2.90. The van der Waals surface area contributed by atoms with Crippen molar-refractivity contribution < 1.29 is 19.1 Å². The van der Waals surface area contributed by atoms with Crippen LogP contribution < -0.4 is 15.5 Å². The van der Waals surface area contributed by atoms with E-state index >= 15 is 0 Å². The zero-order valence-corrected chi connectivity index (χ0v) is 15.8. The fourth-order valence-electron chi connectivity index (χ4n) is 2.26. The van der Waals surface area contributed by atoms with Crippen molar-refractivity contribution in [1.29, 1.82) is 0 Å². The van der Waals surface area contributed by atoms with Gasteiger partial charge in [-0.1, -0.05) is 0 Å². The first kappa shape index (κ1) is 20.0. The summed E-state index contributed by atoms with van der Waals surface area (Å²) in [6.45, 7) is 2.92. The largest absolute Gasteiger partial charge is 0.449 e. The molecule has 1 atom stereocenters. The smallest absolute Gasteiger partial charge is 0.338 e. The maximum atomic E-state index is 12.2. The number of ether oxygens (including phenoxy) is 1. The standard InChI is InChI=1S/C20H23N3O4/c1-13(27-20(26)15-5-11-18(12-6-15)23(3)4)19(25)22-17-9-7-16(8-10-17)21-14(2)24/h5-13H,1-4H3,(H,21,24)(H,22,25)/t13-/m1/s1. The number of carbonyl (C=O) groups excluding carboxylic acids is 3. The molecular formula is C20H23N3O4. The summed E-state index contributed by atoms with van der Waals surface area (Å²) in [6.07, 6.45) is -0.957. The third-order valence-electron chi connectivity index (χ3n) is 3.75. The molecular weight excluding hydrogens is 346 g/mol. The lowest BCUT2D eigenvalue weighted by Gasteiger charge is -2.15. The summed E-state index contributed by atoms with van der Waals surface area (Å²) in [5.41, 5.74) is 2.49. The summed E-state index contributed by atoms with van der Waals surface area (Å²) in [5.74, 6) is -1.18. The van der Waals surface area contributed by atoms with Crippen LogP contribution in [0.25, 0.3) is 0 Å². The molecule has 2 aromatic carbocycles. The van der Waals surface area contributed by atoms with Gasteiger partial charge in [0.1, 0.15) is 0 Å². The van der Waals surface area contributed by atoms with Gasteiger partial charge in [0.05, 0.1) is 5.56 Å². The van der Waals surface area contributed by atoms with E-state index in [9.17, 15) is 14.4 Å². The fourth-order valence-corrected chi connectivity index (χ4v) is 2.26. The van der Waals surface area contributed by atoms with E-state index in [0.29, 0.717) is 16.9 Å². The Kier molecular flexibility index (Phi) is 6.54. The highest BCUT2D eigenvalue weighted by molar-refractivity contribution is 5.97. The van der Waals surface area contributed by atoms with Crippen LogP contribution in [-0.2, 0) is 14.3 Å². The lowest BCUT2D eigenvalue weighted by Crippen LogP contribution is -2.30. The molecule has 0 spiro atoms. The first-order chi connectivity index (χ1) is 12.8. The second-order valence-corrected chi connectivity index (χ2v) is 6.24. The van der Waals surface area contributed by atoms with Crippen molar-refractivity contribution >= 4 is 34.8 Å². The van der Waals surface area contributed by atoms with Crippen LogP contribution in [0.5, 0.6) is 0 Å². The second-order valence-electron chi connectivity index (χ2n) is 6.24. The van der Waals surface area contributed by atoms with E-state index < -0.39 is 18.0 Å². The topological polar surface area (TPSA) is 87.7 Å². The first-order valence-electron chi connectivity index (χ1n) is 8.43. The molecule has 142 valence electrons. The van der Waals surface area contributed by atoms with Crippen LogP contribution in [0.15, 0.2) is 48.5 Å². The number of amides is 2. The molecule has 0 aliphatic heterocycles. The quantitative estimate of drug-likeness (QED) is 0.765. The lowest BCUT2D eigenvalue weighted by atomic mass is 10.2. The van der Waals surface area contributed by atoms with Crippen molar-refractivity contribution in [2.45, 2.75) is 20.0 Å². The van der Waals surface area contributed by atoms with Crippen LogP contribution in [-0.4, -0.2) is 38.0 Å². The molecule has 0 aliphatic carbocycles. The van der Waals surface area contributed by atoms with E-state index in [0.717, 1.165) is 5.69 Å². The summed E-state index contributed by atoms with van der Waals surface area (Å²) in [4.78, 5) is 37.3. The highest BCUT2D eigenvalue weighted by Crippen LogP contribution is 2.16. The van der Waals surface area contributed by atoms with E-state index in [2.05, 4.69) is 10.6 Å². The number of anilines is 3. The van der Waals surface area contributed by atoms with Crippen LogP contribution in [0.4, 0.5) is 17.1 Å². The molecule has 0 unspecified atom stereocenters. The van der Waals surface area contributed by atoms with Gasteiger partial charge in [-0.3, -0.25) is 9.59 Å². The molecule has 0 aliphatic rings. The minimum atomic E-state index is -0.957. The molecule has 2 N–H and O–H groups in total. The number of nitrogens with one attached hydrogen (secondary N) is 2. The summed E-state index contributed by atoms with van der Waals surface area (Å²) in [6, 6.07) is 13.6. The Hall–Kier alpha value is -3.35. The number of carbonyl (C=O) groups is 3. The maximum Gasteiger partial charge on any atom is 0.338 e. The Bertz CT molecular complexity index is 814. The number of esters is 1. The normalized spacial score (nSPS) is 11.3. The van der Waals surface area contributed by atoms with Crippen LogP contribution in [0.1, 0.15) is 24.2 Å². The highest BCUT2D eigenvalue weighted by Gasteiger charge is 2.19. The summed E-state index contributed by atoms with van der Waals surface area (Å²) < 4.78 is 5.23. The zero-order chi connectivity index (χ0) is 20.0. The third-order valence-corrected chi connectivity index (χ3v) is 3.75. The Balaban J connectivity index is 1.92. The van der Waals surface area contributed by atoms with Crippen LogP contribution in [0, 0.1) is 0 Å². The van der Waals surface area contributed by atoms with E-state index in [1.165, 1.54) is 13.8 Å². The third kappa shape index (κ3) is 5.85. The van der Waals surface area contributed by atoms with E-state index in [4.69, 9.17) is 4.74 Å². The molecule has 0 saturated carbocycles. The Labute approximate surface area is 158 Å². The number of benzene rings is 2. The van der Waals surface area contributed by atoms with E-state index in [1.807, 2.05) is 19.0 Å². The number of rotatable bonds is 6. The molecule has 0 radical (unpaired) electrons. The molecule has 0 heterocycles. The molecule has 7 heteroatoms. The fraction of sp³-hybridized carbons (Fsp3) is 0.250. The van der Waals surface area contributed by atoms with Crippen molar-refractivity contribution in [2.75, 3.05) is 29.6 Å². The lowest BCUT2D eigenvalue weighted by molar-refractivity contribution is -0.123. The predicted molar refractivity (Wildman–Crippen MR) is 105 cm³/mol. The Morgan fingerprint density at radius 3 is 1.89 bits per heavy atom. The van der Waals surface area contributed by atoms with Gasteiger partial charge in [-0.2, -0.15) is 0 Å². The Morgan fingerprint density at radius 1 is 0.889 bits per heavy atom. The minimum absolute atomic E-state index is 0.175. The maximum absolute atomic E-state index is 12.2. The van der Waals surface area contributed by atoms with Gasteiger partial charge in [0.25, 0.3) is 5.91 Å². The zero-order valence-electron chi connectivity index (χ0n) is 15.8. The number of hydrogen-bond acceptors (Lipinski definition) is 5. The van der Waals surface area contributed by atoms with Gasteiger partial charge in [0.15, 0.2) is 6.10 Å². The molecule has 0 saturated heterocycles. The molecule has 7 nitrogen and oxygen atoms in total. The van der Waals surface area contributed by atoms with Crippen LogP contribution in [0.3, 0.4) is 0 Å². The van der Waals surface area contributed by atoms with Crippen LogP contribution in [0.2, 0.25) is 0 Å². The molecule has 27 heavy (non-hydrogen) atoms. The van der Waals surface area contributed by atoms with E-state index in [-0.39, 0.29) is 5.91 Å². The molecule has 2 amide bonds. The average Bonchev–Trinajstić information content (AvgIpc) is 2.62. The number of hydrogen-bond donors (Lipinski definition) is 2. The van der Waals surface area contributed by atoms with Crippen molar-refractivity contribution in [2.24, 2.45) is 0 Å². The molecule has 0 bridgehead atoms. The van der Waals surface area contributed by atoms with Gasteiger partial charge >= 0.3 is 5.97 Å². The van der Waals surface area contributed by atoms with Gasteiger partial charge in [0.2, 0.25) is 5.91 Å². The van der Waals surface area contributed by atoms with Crippen molar-refractivity contribution in [1.82, 2.24) is 0 Å². The highest BCUT2D eigenvalue weighted by atomic mass is 16.5. The van der Waals surface area contributed by atoms with Gasteiger partial charge < -0.3 is 20.3 Å². The molecule has 2 rings (SSSR count). The summed E-state index contributed by atoms with van der Waals surface area (Å²) in [5, 5.41) is 5.31. The molecule has 2 aromatic rings. The van der Waals surface area contributed by atoms with Crippen molar-refractivity contribution in [3.05, 3.63) is 54.1 Å². The molecule has 0 aromatic heterocycles. The minimum Gasteiger partial charge on any atom is -0.449 e. The Morgan fingerprint density at radius 2 is 1.41 bits per heavy atom. The monoisotopic (exact) mass is 369 g/mol.